The number of hydrogen-bond acceptors (Lipinski definition) is 4. The molecule has 0 saturated carbocycles. The molecule has 0 aliphatic carbocycles. The molecule has 1 aromatic heterocycles. The van der Waals surface area contributed by atoms with Gasteiger partial charge in [-0.3, -0.25) is 4.79 Å². The maximum atomic E-state index is 11.3. The molecule has 0 aromatic carbocycles. The number of hydrogen-bond donors (Lipinski definition) is 3. The van der Waals surface area contributed by atoms with E-state index in [1.165, 1.54) is 11.0 Å². The molecule has 1 aromatic rings. The Labute approximate surface area is 98.2 Å². The number of carbonyl (C=O) groups is 1. The Morgan fingerprint density at radius 1 is 1.50 bits per heavy atom. The first-order valence-corrected chi connectivity index (χ1v) is 5.74. The van der Waals surface area contributed by atoms with Gasteiger partial charge in [0, 0.05) is 15.8 Å². The lowest BCUT2D eigenvalue weighted by molar-refractivity contribution is -0.117. The van der Waals surface area contributed by atoms with E-state index >= 15 is 0 Å². The number of rotatable bonds is 5. The van der Waals surface area contributed by atoms with E-state index in [4.69, 9.17) is 10.2 Å². The molecule has 0 saturated heterocycles. The van der Waals surface area contributed by atoms with Gasteiger partial charge < -0.3 is 15.5 Å². The van der Waals surface area contributed by atoms with Gasteiger partial charge in [0.05, 0.1) is 19.3 Å². The van der Waals surface area contributed by atoms with Gasteiger partial charge in [0.2, 0.25) is 5.91 Å². The fraction of sp³-hybridized carbons (Fsp3) is 0.364. The number of thiophene rings is 1. The van der Waals surface area contributed by atoms with Crippen LogP contribution in [0, 0.1) is 6.92 Å². The minimum Gasteiger partial charge on any atom is -0.394 e. The quantitative estimate of drug-likeness (QED) is 0.659. The highest BCUT2D eigenvalue weighted by molar-refractivity contribution is 7.12. The molecule has 4 nitrogen and oxygen atoms in total. The van der Waals surface area contributed by atoms with Crippen LogP contribution in [0.4, 0.5) is 0 Å². The molecule has 0 aliphatic heterocycles. The van der Waals surface area contributed by atoms with Crippen LogP contribution < -0.4 is 5.32 Å². The van der Waals surface area contributed by atoms with Crippen LogP contribution in [0.1, 0.15) is 9.75 Å². The molecule has 16 heavy (non-hydrogen) atoms. The predicted octanol–water partition coefficient (Wildman–Crippen LogP) is 0.539. The van der Waals surface area contributed by atoms with Gasteiger partial charge in [-0.15, -0.1) is 11.3 Å². The first-order chi connectivity index (χ1) is 7.65. The Kier molecular flexibility index (Phi) is 5.18. The minimum absolute atomic E-state index is 0.270. The third kappa shape index (κ3) is 4.14. The van der Waals surface area contributed by atoms with Crippen molar-refractivity contribution in [3.63, 3.8) is 0 Å². The molecule has 0 radical (unpaired) electrons. The maximum Gasteiger partial charge on any atom is 0.244 e. The molecular formula is C11H15NO3S. The van der Waals surface area contributed by atoms with Crippen molar-refractivity contribution in [1.29, 1.82) is 0 Å². The van der Waals surface area contributed by atoms with Gasteiger partial charge in [0.25, 0.3) is 0 Å². The molecule has 3 N–H and O–H groups in total. The van der Waals surface area contributed by atoms with E-state index in [1.807, 2.05) is 19.1 Å². The standard InChI is InChI=1S/C11H15NO3S/c1-8-2-3-10(16-8)4-5-11(15)12-9(6-13)7-14/h2-5,9,13-14H,6-7H2,1H3,(H,12,15). The molecule has 0 unspecified atom stereocenters. The van der Waals surface area contributed by atoms with Crippen molar-refractivity contribution in [3.8, 4) is 0 Å². The third-order valence-corrected chi connectivity index (χ3v) is 2.91. The summed E-state index contributed by atoms with van der Waals surface area (Å²) in [5.41, 5.74) is 0. The summed E-state index contributed by atoms with van der Waals surface area (Å²) < 4.78 is 0. The number of aryl methyl sites for hydroxylation is 1. The molecule has 0 aliphatic rings. The summed E-state index contributed by atoms with van der Waals surface area (Å²) in [6, 6.07) is 3.31. The van der Waals surface area contributed by atoms with Crippen LogP contribution in [0.2, 0.25) is 0 Å². The topological polar surface area (TPSA) is 69.6 Å². The second-order valence-corrected chi connectivity index (χ2v) is 4.67. The second-order valence-electron chi connectivity index (χ2n) is 3.35. The Balaban J connectivity index is 2.48. The summed E-state index contributed by atoms with van der Waals surface area (Å²) in [5, 5.41) is 20.0. The Bertz CT molecular complexity index is 369. The average molecular weight is 241 g/mol. The predicted molar refractivity (Wildman–Crippen MR) is 64.2 cm³/mol. The Hall–Kier alpha value is -1.17. The number of amides is 1. The summed E-state index contributed by atoms with van der Waals surface area (Å²) in [6.07, 6.45) is 3.10. The lowest BCUT2D eigenvalue weighted by Crippen LogP contribution is -2.39. The lowest BCUT2D eigenvalue weighted by atomic mass is 10.3. The van der Waals surface area contributed by atoms with Gasteiger partial charge in [-0.05, 0) is 25.1 Å². The largest absolute Gasteiger partial charge is 0.394 e. The van der Waals surface area contributed by atoms with Crippen molar-refractivity contribution in [2.75, 3.05) is 13.2 Å². The molecule has 88 valence electrons. The first-order valence-electron chi connectivity index (χ1n) is 4.92. The number of carbonyl (C=O) groups excluding carboxylic acids is 1. The zero-order chi connectivity index (χ0) is 12.0. The van der Waals surface area contributed by atoms with E-state index in [9.17, 15) is 4.79 Å². The van der Waals surface area contributed by atoms with Crippen molar-refractivity contribution in [3.05, 3.63) is 28.0 Å². The van der Waals surface area contributed by atoms with Gasteiger partial charge in [0.15, 0.2) is 0 Å². The smallest absolute Gasteiger partial charge is 0.244 e. The SMILES string of the molecule is Cc1ccc(C=CC(=O)NC(CO)CO)s1. The summed E-state index contributed by atoms with van der Waals surface area (Å²) in [5.74, 6) is -0.320. The van der Waals surface area contributed by atoms with Gasteiger partial charge in [0.1, 0.15) is 0 Å². The van der Waals surface area contributed by atoms with E-state index in [-0.39, 0.29) is 19.1 Å². The fourth-order valence-electron chi connectivity index (χ4n) is 1.10. The molecule has 1 amide bonds. The van der Waals surface area contributed by atoms with Crippen LogP contribution in [0.15, 0.2) is 18.2 Å². The van der Waals surface area contributed by atoms with Crippen LogP contribution in [0.3, 0.4) is 0 Å². The molecule has 1 rings (SSSR count). The Morgan fingerprint density at radius 3 is 2.69 bits per heavy atom. The van der Waals surface area contributed by atoms with Gasteiger partial charge in [-0.1, -0.05) is 0 Å². The van der Waals surface area contributed by atoms with Gasteiger partial charge in [-0.25, -0.2) is 0 Å². The van der Waals surface area contributed by atoms with E-state index in [0.29, 0.717) is 0 Å². The lowest BCUT2D eigenvalue weighted by Gasteiger charge is -2.10. The highest BCUT2D eigenvalue weighted by Gasteiger charge is 2.06. The van der Waals surface area contributed by atoms with Crippen LogP contribution in [-0.2, 0) is 4.79 Å². The van der Waals surface area contributed by atoms with Crippen LogP contribution in [-0.4, -0.2) is 35.4 Å². The Morgan fingerprint density at radius 2 is 2.19 bits per heavy atom. The van der Waals surface area contributed by atoms with Crippen LogP contribution >= 0.6 is 11.3 Å². The molecule has 0 fully saturated rings. The van der Waals surface area contributed by atoms with Crippen molar-refractivity contribution in [2.24, 2.45) is 0 Å². The van der Waals surface area contributed by atoms with Crippen LogP contribution in [0.5, 0.6) is 0 Å². The van der Waals surface area contributed by atoms with E-state index in [1.54, 1.807) is 17.4 Å². The van der Waals surface area contributed by atoms with E-state index < -0.39 is 6.04 Å². The molecule has 0 spiro atoms. The number of aliphatic hydroxyl groups is 2. The van der Waals surface area contributed by atoms with Crippen molar-refractivity contribution >= 4 is 23.3 Å². The monoisotopic (exact) mass is 241 g/mol. The third-order valence-electron chi connectivity index (χ3n) is 1.95. The second kappa shape index (κ2) is 6.42. The molecule has 5 heteroatoms. The summed E-state index contributed by atoms with van der Waals surface area (Å²) in [7, 11) is 0. The fourth-order valence-corrected chi connectivity index (χ4v) is 1.88. The van der Waals surface area contributed by atoms with Gasteiger partial charge in [-0.2, -0.15) is 0 Å². The number of aliphatic hydroxyl groups excluding tert-OH is 2. The van der Waals surface area contributed by atoms with Crippen molar-refractivity contribution in [2.45, 2.75) is 13.0 Å². The summed E-state index contributed by atoms with van der Waals surface area (Å²) >= 11 is 1.59. The van der Waals surface area contributed by atoms with Crippen molar-refractivity contribution in [1.82, 2.24) is 5.32 Å². The van der Waals surface area contributed by atoms with Crippen molar-refractivity contribution < 1.29 is 15.0 Å². The molecular weight excluding hydrogens is 226 g/mol. The molecule has 0 atom stereocenters. The highest BCUT2D eigenvalue weighted by atomic mass is 32.1. The molecule has 0 bridgehead atoms. The van der Waals surface area contributed by atoms with Crippen LogP contribution in [0.25, 0.3) is 6.08 Å². The van der Waals surface area contributed by atoms with Gasteiger partial charge >= 0.3 is 0 Å². The maximum absolute atomic E-state index is 11.3. The number of nitrogens with one attached hydrogen (secondary N) is 1. The normalized spacial score (nSPS) is 11.2. The van der Waals surface area contributed by atoms with E-state index in [2.05, 4.69) is 5.32 Å². The summed E-state index contributed by atoms with van der Waals surface area (Å²) in [4.78, 5) is 13.5. The average Bonchev–Trinajstić information content (AvgIpc) is 2.69. The molecule has 1 heterocycles. The highest BCUT2D eigenvalue weighted by Crippen LogP contribution is 2.16. The zero-order valence-electron chi connectivity index (χ0n) is 9.01. The minimum atomic E-state index is -0.595. The zero-order valence-corrected chi connectivity index (χ0v) is 9.83. The first kappa shape index (κ1) is 12.9. The van der Waals surface area contributed by atoms with E-state index in [0.717, 1.165) is 4.88 Å². The summed E-state index contributed by atoms with van der Waals surface area (Å²) in [6.45, 7) is 1.46.